The number of anilines is 1. The molecule has 11 nitrogen and oxygen atoms in total. The smallest absolute Gasteiger partial charge is 0.351 e. The summed E-state index contributed by atoms with van der Waals surface area (Å²) in [5.41, 5.74) is 8.72. The fourth-order valence-corrected chi connectivity index (χ4v) is 8.36. The maximum atomic E-state index is 14.6. The first kappa shape index (κ1) is 33.2. The number of imidazole rings is 1. The fourth-order valence-electron chi connectivity index (χ4n) is 8.36. The largest absolute Gasteiger partial charge is 0.449 e. The van der Waals surface area contributed by atoms with Crippen LogP contribution in [0.25, 0.3) is 11.0 Å². The zero-order valence-electron chi connectivity index (χ0n) is 27.4. The van der Waals surface area contributed by atoms with Crippen LogP contribution in [0.3, 0.4) is 0 Å². The highest BCUT2D eigenvalue weighted by molar-refractivity contribution is 5.92. The van der Waals surface area contributed by atoms with Gasteiger partial charge in [-0.2, -0.15) is 13.2 Å². The van der Waals surface area contributed by atoms with E-state index in [0.29, 0.717) is 44.1 Å². The maximum absolute atomic E-state index is 14.6. The molecule has 0 saturated carbocycles. The number of hydrogen-bond donors (Lipinski definition) is 3. The van der Waals surface area contributed by atoms with Crippen molar-refractivity contribution >= 4 is 34.7 Å². The molecular formula is C35H43F3N8O3. The molecule has 4 N–H and O–H groups in total. The SMILES string of the molecule is NC(=O)N1CCC(N2Cc3ccccc3NC2=O)CC1[C@@H](Cc1ccc2nc(C(F)(F)F)[nH]c2c1)C(=O)N1CCC(N2CCCCC2)CC1. The minimum Gasteiger partial charge on any atom is -0.351 e. The first-order valence-electron chi connectivity index (χ1n) is 17.4. The number of alkyl halides is 3. The van der Waals surface area contributed by atoms with E-state index in [2.05, 4.69) is 20.2 Å². The van der Waals surface area contributed by atoms with Gasteiger partial charge in [-0.1, -0.05) is 30.7 Å². The van der Waals surface area contributed by atoms with Crippen molar-refractivity contribution in [2.24, 2.45) is 11.7 Å². The molecule has 5 amide bonds. The number of benzene rings is 2. The number of hydrogen-bond acceptors (Lipinski definition) is 5. The molecule has 3 saturated heterocycles. The summed E-state index contributed by atoms with van der Waals surface area (Å²) in [5, 5.41) is 2.97. The number of carbonyl (C=O) groups excluding carboxylic acids is 3. The summed E-state index contributed by atoms with van der Waals surface area (Å²) in [5.74, 6) is -1.92. The van der Waals surface area contributed by atoms with E-state index in [0.717, 1.165) is 37.2 Å². The van der Waals surface area contributed by atoms with Crippen molar-refractivity contribution in [2.45, 2.75) is 82.2 Å². The van der Waals surface area contributed by atoms with Crippen molar-refractivity contribution < 1.29 is 27.6 Å². The molecule has 0 spiro atoms. The topological polar surface area (TPSA) is 131 Å². The number of H-pyrrole nitrogens is 1. The van der Waals surface area contributed by atoms with Gasteiger partial charge in [0.25, 0.3) is 0 Å². The third-order valence-electron chi connectivity index (χ3n) is 10.9. The molecule has 4 aliphatic heterocycles. The number of likely N-dealkylation sites (tertiary alicyclic amines) is 3. The summed E-state index contributed by atoms with van der Waals surface area (Å²) in [7, 11) is 0. The summed E-state index contributed by atoms with van der Waals surface area (Å²) >= 11 is 0. The van der Waals surface area contributed by atoms with Crippen LogP contribution in [-0.4, -0.2) is 98.4 Å². The second kappa shape index (κ2) is 13.5. The lowest BCUT2D eigenvalue weighted by atomic mass is 9.82. The molecule has 3 atom stereocenters. The van der Waals surface area contributed by atoms with Crippen LogP contribution < -0.4 is 11.1 Å². The van der Waals surface area contributed by atoms with Gasteiger partial charge in [0.05, 0.1) is 17.0 Å². The number of amides is 5. The molecule has 2 aromatic carbocycles. The number of urea groups is 2. The van der Waals surface area contributed by atoms with Crippen LogP contribution in [0.15, 0.2) is 42.5 Å². The molecule has 7 rings (SSSR count). The van der Waals surface area contributed by atoms with E-state index >= 15 is 0 Å². The number of nitrogens with two attached hydrogens (primary N) is 1. The van der Waals surface area contributed by atoms with Crippen molar-refractivity contribution in [3.8, 4) is 0 Å². The molecule has 2 unspecified atom stereocenters. The highest BCUT2D eigenvalue weighted by atomic mass is 19.4. The molecule has 0 aliphatic carbocycles. The number of rotatable bonds is 6. The van der Waals surface area contributed by atoms with Gasteiger partial charge in [0.15, 0.2) is 0 Å². The highest BCUT2D eigenvalue weighted by Crippen LogP contribution is 2.35. The lowest BCUT2D eigenvalue weighted by Crippen LogP contribution is -2.60. The van der Waals surface area contributed by atoms with Gasteiger partial charge < -0.3 is 35.6 Å². The van der Waals surface area contributed by atoms with E-state index in [1.54, 1.807) is 21.9 Å². The highest BCUT2D eigenvalue weighted by Gasteiger charge is 2.44. The number of piperidine rings is 3. The van der Waals surface area contributed by atoms with Crippen LogP contribution >= 0.6 is 0 Å². The number of para-hydroxylation sites is 1. The van der Waals surface area contributed by atoms with Crippen LogP contribution in [0.1, 0.15) is 61.9 Å². The van der Waals surface area contributed by atoms with Gasteiger partial charge in [-0.15, -0.1) is 0 Å². The van der Waals surface area contributed by atoms with Crippen LogP contribution in [0.2, 0.25) is 0 Å². The Morgan fingerprint density at radius 1 is 0.959 bits per heavy atom. The molecule has 262 valence electrons. The average molecular weight is 681 g/mol. The van der Waals surface area contributed by atoms with Gasteiger partial charge in [-0.25, -0.2) is 14.6 Å². The molecule has 4 aliphatic rings. The van der Waals surface area contributed by atoms with E-state index in [1.807, 2.05) is 29.2 Å². The number of aromatic amines is 1. The number of nitrogens with zero attached hydrogens (tertiary/aromatic N) is 5. The summed E-state index contributed by atoms with van der Waals surface area (Å²) in [6.45, 7) is 4.01. The van der Waals surface area contributed by atoms with Gasteiger partial charge in [0, 0.05) is 50.0 Å². The lowest BCUT2D eigenvalue weighted by molar-refractivity contribution is -0.144. The Kier molecular flexibility index (Phi) is 9.16. The molecule has 5 heterocycles. The zero-order valence-corrected chi connectivity index (χ0v) is 27.4. The summed E-state index contributed by atoms with van der Waals surface area (Å²) in [6, 6.07) is 11.1. The lowest BCUT2D eigenvalue weighted by Gasteiger charge is -2.47. The second-order valence-corrected chi connectivity index (χ2v) is 13.9. The number of carbonyl (C=O) groups is 3. The summed E-state index contributed by atoms with van der Waals surface area (Å²) in [6.07, 6.45) is 1.74. The zero-order chi connectivity index (χ0) is 34.3. The average Bonchev–Trinajstić information content (AvgIpc) is 3.55. The van der Waals surface area contributed by atoms with Gasteiger partial charge in [0.2, 0.25) is 11.7 Å². The van der Waals surface area contributed by atoms with Crippen LogP contribution in [0, 0.1) is 5.92 Å². The fraction of sp³-hybridized carbons (Fsp3) is 0.543. The van der Waals surface area contributed by atoms with Crippen molar-refractivity contribution in [3.05, 3.63) is 59.4 Å². The summed E-state index contributed by atoms with van der Waals surface area (Å²) in [4.78, 5) is 54.7. The number of primary amides is 1. The Balaban J connectivity index is 1.17. The third-order valence-corrected chi connectivity index (χ3v) is 10.9. The first-order chi connectivity index (χ1) is 23.5. The third kappa shape index (κ3) is 6.92. The van der Waals surface area contributed by atoms with Crippen LogP contribution in [-0.2, 0) is 23.9 Å². The van der Waals surface area contributed by atoms with Crippen LogP contribution in [0.4, 0.5) is 28.4 Å². The molecule has 1 aromatic heterocycles. The Morgan fingerprint density at radius 2 is 1.69 bits per heavy atom. The van der Waals surface area contributed by atoms with E-state index < -0.39 is 30.0 Å². The second-order valence-electron chi connectivity index (χ2n) is 13.9. The number of nitrogens with one attached hydrogen (secondary N) is 2. The number of fused-ring (bicyclic) bond motifs is 2. The van der Waals surface area contributed by atoms with Gasteiger partial charge in [-0.3, -0.25) is 4.79 Å². The maximum Gasteiger partial charge on any atom is 0.449 e. The van der Waals surface area contributed by atoms with E-state index in [4.69, 9.17) is 5.73 Å². The quantitative estimate of drug-likeness (QED) is 0.331. The van der Waals surface area contributed by atoms with Gasteiger partial charge >= 0.3 is 18.2 Å². The standard InChI is InChI=1S/C35H43F3N8O3/c36-35(37,38)32-40-28-9-8-22(19-29(28)41-32)18-26(31(47)44-15-10-24(11-16-44)43-13-4-1-5-14-43)30-20-25(12-17-45(30)33(39)48)46-21-23-6-2-3-7-27(23)42-34(46)49/h2-3,6-9,19,24-26,30H,1,4-5,10-18,20-21H2,(H2,39,48)(H,40,41)(H,42,49)/t25?,26-,30?/m1/s1. The van der Waals surface area contributed by atoms with Crippen molar-refractivity contribution in [2.75, 3.05) is 38.0 Å². The predicted molar refractivity (Wildman–Crippen MR) is 177 cm³/mol. The van der Waals surface area contributed by atoms with Crippen molar-refractivity contribution in [1.82, 2.24) is 29.6 Å². The van der Waals surface area contributed by atoms with E-state index in [9.17, 15) is 27.6 Å². The number of halogens is 3. The van der Waals surface area contributed by atoms with E-state index in [1.165, 1.54) is 25.3 Å². The van der Waals surface area contributed by atoms with Crippen molar-refractivity contribution in [3.63, 3.8) is 0 Å². The molecule has 0 bridgehead atoms. The Morgan fingerprint density at radius 3 is 2.43 bits per heavy atom. The van der Waals surface area contributed by atoms with Crippen molar-refractivity contribution in [1.29, 1.82) is 0 Å². The summed E-state index contributed by atoms with van der Waals surface area (Å²) < 4.78 is 40.3. The minimum absolute atomic E-state index is 0.108. The molecule has 49 heavy (non-hydrogen) atoms. The molecule has 3 fully saturated rings. The molecule has 3 aromatic rings. The molecule has 14 heteroatoms. The Labute approximate surface area is 283 Å². The Bertz CT molecular complexity index is 1700. The molecular weight excluding hydrogens is 637 g/mol. The first-order valence-corrected chi connectivity index (χ1v) is 17.4. The normalized spacial score (nSPS) is 23.3. The van der Waals surface area contributed by atoms with Crippen LogP contribution in [0.5, 0.6) is 0 Å². The van der Waals surface area contributed by atoms with Gasteiger partial charge in [0.1, 0.15) is 0 Å². The monoisotopic (exact) mass is 680 g/mol. The van der Waals surface area contributed by atoms with E-state index in [-0.39, 0.29) is 42.0 Å². The minimum atomic E-state index is -4.63. The molecule has 0 radical (unpaired) electrons. The predicted octanol–water partition coefficient (Wildman–Crippen LogP) is 5.18. The Hall–Kier alpha value is -4.33. The van der Waals surface area contributed by atoms with Gasteiger partial charge in [-0.05, 0) is 87.4 Å². The number of aromatic nitrogens is 2.